The molecule has 0 aromatic carbocycles. The third-order valence-electron chi connectivity index (χ3n) is 1.02. The van der Waals surface area contributed by atoms with Gasteiger partial charge in [0.1, 0.15) is 5.69 Å². The van der Waals surface area contributed by atoms with Crippen LogP contribution in [0.2, 0.25) is 5.28 Å². The van der Waals surface area contributed by atoms with Gasteiger partial charge in [0.15, 0.2) is 0 Å². The van der Waals surface area contributed by atoms with Crippen LogP contribution in [0, 0.1) is 11.8 Å². The summed E-state index contributed by atoms with van der Waals surface area (Å²) in [5, 5.41) is 2.81. The number of aromatic nitrogens is 2. The Kier molecular flexibility index (Phi) is 1.91. The SMILES string of the molecule is Cc1nc(Cl)ncc1N=O. The molecule has 0 aliphatic carbocycles. The number of nitroso groups, excluding NO2 is 1. The smallest absolute Gasteiger partial charge is 0.222 e. The van der Waals surface area contributed by atoms with Gasteiger partial charge in [-0.25, -0.2) is 9.97 Å². The van der Waals surface area contributed by atoms with E-state index in [-0.39, 0.29) is 11.0 Å². The summed E-state index contributed by atoms with van der Waals surface area (Å²) in [6.45, 7) is 1.64. The van der Waals surface area contributed by atoms with E-state index in [1.165, 1.54) is 6.20 Å². The monoisotopic (exact) mass is 157 g/mol. The minimum absolute atomic E-state index is 0.130. The first-order valence-corrected chi connectivity index (χ1v) is 2.94. The largest absolute Gasteiger partial charge is 0.224 e. The third kappa shape index (κ3) is 1.27. The molecule has 0 unspecified atom stereocenters. The van der Waals surface area contributed by atoms with Crippen LogP contribution in [0.4, 0.5) is 5.69 Å². The summed E-state index contributed by atoms with van der Waals surface area (Å²) in [4.78, 5) is 17.2. The second-order valence-corrected chi connectivity index (χ2v) is 2.04. The Bertz CT molecular complexity index is 263. The molecular weight excluding hydrogens is 154 g/mol. The fourth-order valence-corrected chi connectivity index (χ4v) is 0.698. The van der Waals surface area contributed by atoms with Gasteiger partial charge in [0.05, 0.1) is 11.9 Å². The third-order valence-corrected chi connectivity index (χ3v) is 1.20. The maximum atomic E-state index is 9.97. The molecule has 52 valence electrons. The maximum Gasteiger partial charge on any atom is 0.222 e. The quantitative estimate of drug-likeness (QED) is 0.462. The van der Waals surface area contributed by atoms with Crippen molar-refractivity contribution in [3.63, 3.8) is 0 Å². The van der Waals surface area contributed by atoms with Gasteiger partial charge < -0.3 is 0 Å². The van der Waals surface area contributed by atoms with Gasteiger partial charge in [-0.2, -0.15) is 0 Å². The lowest BCUT2D eigenvalue weighted by molar-refractivity contribution is 1.09. The zero-order valence-electron chi connectivity index (χ0n) is 5.21. The first-order valence-electron chi connectivity index (χ1n) is 2.56. The highest BCUT2D eigenvalue weighted by Gasteiger charge is 1.99. The highest BCUT2D eigenvalue weighted by molar-refractivity contribution is 6.28. The van der Waals surface area contributed by atoms with Crippen LogP contribution in [-0.4, -0.2) is 9.97 Å². The summed E-state index contributed by atoms with van der Waals surface area (Å²) in [7, 11) is 0. The van der Waals surface area contributed by atoms with Crippen LogP contribution >= 0.6 is 11.6 Å². The first kappa shape index (κ1) is 7.08. The summed E-state index contributed by atoms with van der Waals surface area (Å²) >= 11 is 5.41. The Hall–Kier alpha value is -1.03. The minimum Gasteiger partial charge on any atom is -0.224 e. The van der Waals surface area contributed by atoms with Gasteiger partial charge in [0.2, 0.25) is 5.28 Å². The van der Waals surface area contributed by atoms with Gasteiger partial charge in [-0.3, -0.25) is 0 Å². The molecule has 0 atom stereocenters. The number of hydrogen-bond donors (Lipinski definition) is 0. The van der Waals surface area contributed by atoms with Gasteiger partial charge in [0.25, 0.3) is 0 Å². The average Bonchev–Trinajstić information content (AvgIpc) is 1.88. The molecule has 10 heavy (non-hydrogen) atoms. The van der Waals surface area contributed by atoms with Crippen molar-refractivity contribution in [3.8, 4) is 0 Å². The van der Waals surface area contributed by atoms with Gasteiger partial charge in [-0.1, -0.05) is 0 Å². The number of nitrogens with zero attached hydrogens (tertiary/aromatic N) is 3. The molecule has 0 spiro atoms. The minimum atomic E-state index is 0.130. The topological polar surface area (TPSA) is 55.2 Å². The Morgan fingerprint density at radius 1 is 1.70 bits per heavy atom. The van der Waals surface area contributed by atoms with Crippen molar-refractivity contribution in [2.45, 2.75) is 6.92 Å². The Labute approximate surface area is 62.2 Å². The normalized spacial score (nSPS) is 9.40. The lowest BCUT2D eigenvalue weighted by Crippen LogP contribution is -1.84. The fourth-order valence-electron chi connectivity index (χ4n) is 0.522. The van der Waals surface area contributed by atoms with Crippen LogP contribution in [0.25, 0.3) is 0 Å². The molecule has 1 aromatic heterocycles. The predicted molar refractivity (Wildman–Crippen MR) is 37.2 cm³/mol. The van der Waals surface area contributed by atoms with Gasteiger partial charge in [-0.05, 0) is 23.7 Å². The predicted octanol–water partition coefficient (Wildman–Crippen LogP) is 1.84. The lowest BCUT2D eigenvalue weighted by atomic mass is 10.4. The zero-order chi connectivity index (χ0) is 7.56. The van der Waals surface area contributed by atoms with E-state index < -0.39 is 0 Å². The fraction of sp³-hybridized carbons (Fsp3) is 0.200. The van der Waals surface area contributed by atoms with Gasteiger partial charge in [0, 0.05) is 0 Å². The average molecular weight is 158 g/mol. The van der Waals surface area contributed by atoms with Gasteiger partial charge in [-0.15, -0.1) is 4.91 Å². The van der Waals surface area contributed by atoms with Crippen LogP contribution < -0.4 is 0 Å². The summed E-state index contributed by atoms with van der Waals surface area (Å²) < 4.78 is 0. The Morgan fingerprint density at radius 3 is 2.90 bits per heavy atom. The van der Waals surface area contributed by atoms with E-state index in [4.69, 9.17) is 11.6 Å². The molecule has 0 amide bonds. The van der Waals surface area contributed by atoms with E-state index in [0.29, 0.717) is 5.69 Å². The molecule has 1 aromatic rings. The van der Waals surface area contributed by atoms with E-state index >= 15 is 0 Å². The van der Waals surface area contributed by atoms with E-state index in [1.54, 1.807) is 6.92 Å². The van der Waals surface area contributed by atoms with Crippen molar-refractivity contribution in [2.24, 2.45) is 5.18 Å². The molecule has 0 radical (unpaired) electrons. The molecule has 4 nitrogen and oxygen atoms in total. The Morgan fingerprint density at radius 2 is 2.40 bits per heavy atom. The lowest BCUT2D eigenvalue weighted by Gasteiger charge is -1.92. The molecule has 5 heteroatoms. The van der Waals surface area contributed by atoms with Crippen LogP contribution in [-0.2, 0) is 0 Å². The maximum absolute atomic E-state index is 9.97. The van der Waals surface area contributed by atoms with Crippen molar-refractivity contribution < 1.29 is 0 Å². The van der Waals surface area contributed by atoms with E-state index in [9.17, 15) is 4.91 Å². The summed E-state index contributed by atoms with van der Waals surface area (Å²) in [5.41, 5.74) is 0.722. The van der Waals surface area contributed by atoms with Crippen LogP contribution in [0.1, 0.15) is 5.69 Å². The van der Waals surface area contributed by atoms with E-state index in [0.717, 1.165) is 0 Å². The summed E-state index contributed by atoms with van der Waals surface area (Å²) in [5.74, 6) is 0. The van der Waals surface area contributed by atoms with Crippen molar-refractivity contribution in [1.82, 2.24) is 9.97 Å². The molecular formula is C5H4ClN3O. The van der Waals surface area contributed by atoms with Crippen molar-refractivity contribution in [3.05, 3.63) is 22.1 Å². The zero-order valence-corrected chi connectivity index (χ0v) is 5.96. The van der Waals surface area contributed by atoms with Crippen LogP contribution in [0.5, 0.6) is 0 Å². The standard InChI is InChI=1S/C5H4ClN3O/c1-3-4(9-10)2-7-5(6)8-3/h2H,1H3. The van der Waals surface area contributed by atoms with E-state index in [2.05, 4.69) is 15.1 Å². The second-order valence-electron chi connectivity index (χ2n) is 1.70. The van der Waals surface area contributed by atoms with Gasteiger partial charge >= 0.3 is 0 Å². The first-order chi connectivity index (χ1) is 4.74. The molecule has 0 saturated heterocycles. The number of halogens is 1. The second kappa shape index (κ2) is 2.70. The molecule has 0 saturated carbocycles. The molecule has 0 fully saturated rings. The Balaban J connectivity index is 3.19. The van der Waals surface area contributed by atoms with Crippen molar-refractivity contribution >= 4 is 17.3 Å². The molecule has 0 aliphatic rings. The highest BCUT2D eigenvalue weighted by atomic mass is 35.5. The van der Waals surface area contributed by atoms with Crippen molar-refractivity contribution in [2.75, 3.05) is 0 Å². The molecule has 0 bridgehead atoms. The van der Waals surface area contributed by atoms with E-state index in [1.807, 2.05) is 0 Å². The number of aryl methyl sites for hydroxylation is 1. The molecule has 1 rings (SSSR count). The molecule has 0 aliphatic heterocycles. The van der Waals surface area contributed by atoms with Crippen LogP contribution in [0.3, 0.4) is 0 Å². The summed E-state index contributed by atoms with van der Waals surface area (Å²) in [6.07, 6.45) is 1.29. The highest BCUT2D eigenvalue weighted by Crippen LogP contribution is 2.14. The molecule has 0 N–H and O–H groups in total. The number of rotatable bonds is 1. The van der Waals surface area contributed by atoms with Crippen molar-refractivity contribution in [1.29, 1.82) is 0 Å². The number of hydrogen-bond acceptors (Lipinski definition) is 4. The molecule has 1 heterocycles. The van der Waals surface area contributed by atoms with Crippen LogP contribution in [0.15, 0.2) is 11.4 Å². The summed E-state index contributed by atoms with van der Waals surface area (Å²) in [6, 6.07) is 0.